The van der Waals surface area contributed by atoms with E-state index in [0.29, 0.717) is 11.3 Å². The van der Waals surface area contributed by atoms with Crippen LogP contribution in [0.5, 0.6) is 0 Å². The minimum atomic E-state index is -1.41. The van der Waals surface area contributed by atoms with Crippen LogP contribution in [0, 0.1) is 5.82 Å². The number of nitrogens with one attached hydrogen (secondary N) is 1. The Kier molecular flexibility index (Phi) is 7.22. The van der Waals surface area contributed by atoms with Crippen molar-refractivity contribution < 1.29 is 33.0 Å². The van der Waals surface area contributed by atoms with E-state index in [4.69, 9.17) is 20.8 Å². The van der Waals surface area contributed by atoms with Gasteiger partial charge in [-0.05, 0) is 48.4 Å². The highest BCUT2D eigenvalue weighted by Gasteiger charge is 2.51. The molecule has 0 aliphatic carbocycles. The zero-order valence-electron chi connectivity index (χ0n) is 22.8. The van der Waals surface area contributed by atoms with Crippen LogP contribution in [0.3, 0.4) is 0 Å². The maximum atomic E-state index is 15.3. The number of anilines is 2. The fourth-order valence-corrected chi connectivity index (χ4v) is 5.66. The molecule has 1 fully saturated rings. The number of nitrogens with zero attached hydrogens (tertiary/aromatic N) is 4. The van der Waals surface area contributed by atoms with E-state index in [1.54, 1.807) is 24.3 Å². The molecule has 2 N–H and O–H groups in total. The largest absolute Gasteiger partial charge is 0.465 e. The number of benzene rings is 3. The van der Waals surface area contributed by atoms with Gasteiger partial charge >= 0.3 is 12.2 Å². The fourth-order valence-electron chi connectivity index (χ4n) is 5.50. The molecule has 13 heteroatoms. The lowest BCUT2D eigenvalue weighted by Crippen LogP contribution is -2.44. The number of hydrogen-bond donors (Lipinski definition) is 2. The highest BCUT2D eigenvalue weighted by Crippen LogP contribution is 2.46. The minimum Gasteiger partial charge on any atom is -0.465 e. The van der Waals surface area contributed by atoms with Gasteiger partial charge in [0.1, 0.15) is 5.92 Å². The number of likely N-dealkylation sites (tertiary alicyclic amines) is 1. The summed E-state index contributed by atoms with van der Waals surface area (Å²) in [6.07, 6.45) is -1.44. The van der Waals surface area contributed by atoms with E-state index in [-0.39, 0.29) is 59.9 Å². The second-order valence-corrected chi connectivity index (χ2v) is 10.8. The summed E-state index contributed by atoms with van der Waals surface area (Å²) in [5.74, 6) is -1.73. The van der Waals surface area contributed by atoms with Crippen LogP contribution in [0.4, 0.5) is 25.4 Å². The van der Waals surface area contributed by atoms with Gasteiger partial charge in [0, 0.05) is 31.3 Å². The Balaban J connectivity index is 1.30. The van der Waals surface area contributed by atoms with Crippen molar-refractivity contribution in [1.82, 2.24) is 15.1 Å². The molecule has 1 unspecified atom stereocenters. The smallest absolute Gasteiger partial charge is 0.412 e. The molecule has 4 aromatic rings. The van der Waals surface area contributed by atoms with Crippen LogP contribution in [0.2, 0.25) is 5.02 Å². The molecule has 1 spiro atoms. The third kappa shape index (κ3) is 5.25. The van der Waals surface area contributed by atoms with Crippen molar-refractivity contribution in [3.8, 4) is 11.5 Å². The molecule has 1 aromatic heterocycles. The number of carbonyl (C=O) groups excluding carboxylic acids is 2. The van der Waals surface area contributed by atoms with Crippen molar-refractivity contribution in [1.29, 1.82) is 0 Å². The van der Waals surface area contributed by atoms with Gasteiger partial charge in [0.15, 0.2) is 11.4 Å². The average Bonchev–Trinajstić information content (AvgIpc) is 3.66. The first-order valence-corrected chi connectivity index (χ1v) is 13.7. The molecule has 2 aliphatic rings. The topological polar surface area (TPSA) is 138 Å². The number of carboxylic acid groups (broad SMARTS) is 1. The maximum Gasteiger partial charge on any atom is 0.412 e. The summed E-state index contributed by atoms with van der Waals surface area (Å²) in [5.41, 5.74) is 0.783. The number of halogens is 2. The zero-order chi connectivity index (χ0) is 30.3. The summed E-state index contributed by atoms with van der Waals surface area (Å²) >= 11 is 6.07. The van der Waals surface area contributed by atoms with E-state index in [0.717, 1.165) is 10.5 Å². The van der Waals surface area contributed by atoms with Crippen LogP contribution in [0.15, 0.2) is 71.1 Å². The Labute approximate surface area is 249 Å². The molecular formula is C30H25ClFN5O6. The number of ether oxygens (including phenoxy) is 1. The molecule has 3 amide bonds. The number of amides is 3. The Morgan fingerprint density at radius 1 is 1.14 bits per heavy atom. The van der Waals surface area contributed by atoms with E-state index < -0.39 is 29.5 Å². The van der Waals surface area contributed by atoms with Crippen LogP contribution >= 0.6 is 11.6 Å². The van der Waals surface area contributed by atoms with Gasteiger partial charge in [-0.2, -0.15) is 0 Å². The molecule has 43 heavy (non-hydrogen) atoms. The molecule has 0 saturated carbocycles. The maximum absolute atomic E-state index is 15.3. The van der Waals surface area contributed by atoms with Crippen molar-refractivity contribution >= 4 is 41.1 Å². The van der Waals surface area contributed by atoms with Gasteiger partial charge < -0.3 is 19.2 Å². The van der Waals surface area contributed by atoms with Gasteiger partial charge in [-0.15, -0.1) is 10.2 Å². The summed E-state index contributed by atoms with van der Waals surface area (Å²) in [5, 5.41) is 20.0. The SMILES string of the molecule is CN(C(=O)O)c1ccc(-c2nnc(C(Cc3ccccc3)C(=O)N3CC[C@@]4(C3)OC(=O)Nc3ccc(Cl)c(F)c34)o2)cc1. The molecule has 2 aliphatic heterocycles. The van der Waals surface area contributed by atoms with Crippen molar-refractivity contribution in [2.45, 2.75) is 24.4 Å². The molecule has 0 bridgehead atoms. The highest BCUT2D eigenvalue weighted by molar-refractivity contribution is 6.31. The molecule has 1 saturated heterocycles. The monoisotopic (exact) mass is 605 g/mol. The van der Waals surface area contributed by atoms with E-state index in [9.17, 15) is 19.5 Å². The van der Waals surface area contributed by atoms with Crippen molar-refractivity contribution in [2.24, 2.45) is 0 Å². The predicted octanol–water partition coefficient (Wildman–Crippen LogP) is 5.66. The van der Waals surface area contributed by atoms with Crippen LogP contribution in [-0.2, 0) is 21.6 Å². The molecule has 11 nitrogen and oxygen atoms in total. The molecule has 3 aromatic carbocycles. The number of fused-ring (bicyclic) bond motifs is 2. The third-order valence-corrected chi connectivity index (χ3v) is 8.02. The van der Waals surface area contributed by atoms with Gasteiger partial charge in [0.2, 0.25) is 17.7 Å². The molecule has 2 atom stereocenters. The van der Waals surface area contributed by atoms with E-state index in [2.05, 4.69) is 15.5 Å². The summed E-state index contributed by atoms with van der Waals surface area (Å²) in [6.45, 7) is 0.0940. The van der Waals surface area contributed by atoms with Crippen LogP contribution in [0.1, 0.15) is 29.4 Å². The summed E-state index contributed by atoms with van der Waals surface area (Å²) in [6, 6.07) is 18.7. The van der Waals surface area contributed by atoms with Crippen molar-refractivity contribution in [2.75, 3.05) is 30.4 Å². The summed E-state index contributed by atoms with van der Waals surface area (Å²) < 4.78 is 26.9. The number of carbonyl (C=O) groups is 3. The highest BCUT2D eigenvalue weighted by atomic mass is 35.5. The lowest BCUT2D eigenvalue weighted by Gasteiger charge is -2.36. The van der Waals surface area contributed by atoms with Gasteiger partial charge in [0.05, 0.1) is 22.8 Å². The summed E-state index contributed by atoms with van der Waals surface area (Å²) in [7, 11) is 1.43. The first kappa shape index (κ1) is 28.2. The zero-order valence-corrected chi connectivity index (χ0v) is 23.5. The van der Waals surface area contributed by atoms with Crippen LogP contribution in [-0.4, -0.2) is 58.4 Å². The lowest BCUT2D eigenvalue weighted by atomic mass is 9.89. The normalized spacial score (nSPS) is 18.1. The van der Waals surface area contributed by atoms with Gasteiger partial charge in [-0.1, -0.05) is 41.9 Å². The Hall–Kier alpha value is -4.97. The summed E-state index contributed by atoms with van der Waals surface area (Å²) in [4.78, 5) is 40.4. The second-order valence-electron chi connectivity index (χ2n) is 10.4. The Morgan fingerprint density at radius 3 is 2.60 bits per heavy atom. The molecule has 6 rings (SSSR count). The quantitative estimate of drug-likeness (QED) is 0.287. The standard InChI is InChI=1S/C30H25ClFN5O6/c1-36(29(40)41)19-9-7-18(8-10-19)25-34-35-26(42-25)20(15-17-5-3-2-4-6-17)27(38)37-14-13-30(16-37)23-22(33-28(39)43-30)12-11-21(31)24(23)32/h2-12,20H,13-16H2,1H3,(H,33,39)(H,40,41)/t20?,30-/m0/s1. The van der Waals surface area contributed by atoms with Crippen molar-refractivity contribution in [3.63, 3.8) is 0 Å². The minimum absolute atomic E-state index is 0.0773. The van der Waals surface area contributed by atoms with Crippen molar-refractivity contribution in [3.05, 3.63) is 94.6 Å². The van der Waals surface area contributed by atoms with Gasteiger partial charge in [0.25, 0.3) is 0 Å². The van der Waals surface area contributed by atoms with E-state index >= 15 is 4.39 Å². The first-order valence-electron chi connectivity index (χ1n) is 13.4. The van der Waals surface area contributed by atoms with Crippen LogP contribution in [0.25, 0.3) is 11.5 Å². The fraction of sp³-hybridized carbons (Fsp3) is 0.233. The van der Waals surface area contributed by atoms with Gasteiger partial charge in [-0.25, -0.2) is 14.0 Å². The van der Waals surface area contributed by atoms with Crippen LogP contribution < -0.4 is 10.2 Å². The number of aromatic nitrogens is 2. The predicted molar refractivity (Wildman–Crippen MR) is 153 cm³/mol. The first-order chi connectivity index (χ1) is 20.6. The Bertz CT molecular complexity index is 1720. The molecule has 3 heterocycles. The molecule has 220 valence electrons. The Morgan fingerprint density at radius 2 is 1.88 bits per heavy atom. The average molecular weight is 606 g/mol. The molecule has 0 radical (unpaired) electrons. The number of rotatable bonds is 6. The number of hydrogen-bond acceptors (Lipinski definition) is 7. The third-order valence-electron chi connectivity index (χ3n) is 7.73. The second kappa shape index (κ2) is 11.0. The van der Waals surface area contributed by atoms with E-state index in [1.165, 1.54) is 24.1 Å². The molecular weight excluding hydrogens is 581 g/mol. The lowest BCUT2D eigenvalue weighted by molar-refractivity contribution is -0.133. The van der Waals surface area contributed by atoms with Gasteiger partial charge in [-0.3, -0.25) is 15.0 Å². The van der Waals surface area contributed by atoms with E-state index in [1.807, 2.05) is 30.3 Å².